The van der Waals surface area contributed by atoms with E-state index in [2.05, 4.69) is 39.8 Å². The van der Waals surface area contributed by atoms with Crippen molar-refractivity contribution in [2.75, 3.05) is 6.61 Å². The van der Waals surface area contributed by atoms with E-state index in [1.165, 1.54) is 22.3 Å². The lowest BCUT2D eigenvalue weighted by Gasteiger charge is -2.33. The van der Waals surface area contributed by atoms with E-state index in [0.717, 1.165) is 38.7 Å². The van der Waals surface area contributed by atoms with E-state index in [1.807, 2.05) is 0 Å². The van der Waals surface area contributed by atoms with Gasteiger partial charge in [0.15, 0.2) is 0 Å². The van der Waals surface area contributed by atoms with Crippen molar-refractivity contribution in [2.45, 2.75) is 71.4 Å². The van der Waals surface area contributed by atoms with Gasteiger partial charge in [0.1, 0.15) is 0 Å². The van der Waals surface area contributed by atoms with Crippen LogP contribution in [0.2, 0.25) is 0 Å². The molecule has 0 aliphatic carbocycles. The van der Waals surface area contributed by atoms with Crippen LogP contribution in [0.25, 0.3) is 0 Å². The summed E-state index contributed by atoms with van der Waals surface area (Å²) in [5.41, 5.74) is 12.0. The third-order valence-corrected chi connectivity index (χ3v) is 4.80. The summed E-state index contributed by atoms with van der Waals surface area (Å²) in [6.07, 6.45) is 5.36. The predicted molar refractivity (Wildman–Crippen MR) is 85.1 cm³/mol. The molecule has 1 aromatic carbocycles. The molecule has 0 radical (unpaired) electrons. The zero-order valence-electron chi connectivity index (χ0n) is 13.5. The standard InChI is InChI=1S/C18H29NO/c1-5-13-11-14(6-2)16(15(7-3)12-13)17(19)18(4)9-8-10-20-18/h11-12,17H,5-10,19H2,1-4H3. The highest BCUT2D eigenvalue weighted by Crippen LogP contribution is 2.39. The van der Waals surface area contributed by atoms with Crippen LogP contribution in [0, 0.1) is 0 Å². The van der Waals surface area contributed by atoms with Gasteiger partial charge in [-0.05, 0) is 61.3 Å². The molecule has 0 aromatic heterocycles. The van der Waals surface area contributed by atoms with Crippen LogP contribution in [-0.2, 0) is 24.0 Å². The average Bonchev–Trinajstić information content (AvgIpc) is 2.92. The summed E-state index contributed by atoms with van der Waals surface area (Å²) in [4.78, 5) is 0. The first-order chi connectivity index (χ1) is 9.55. The smallest absolute Gasteiger partial charge is 0.0847 e. The zero-order chi connectivity index (χ0) is 14.8. The lowest BCUT2D eigenvalue weighted by atomic mass is 9.81. The second-order valence-electron chi connectivity index (χ2n) is 6.13. The van der Waals surface area contributed by atoms with Gasteiger partial charge in [-0.15, -0.1) is 0 Å². The van der Waals surface area contributed by atoms with E-state index in [0.29, 0.717) is 0 Å². The van der Waals surface area contributed by atoms with Crippen molar-refractivity contribution in [3.8, 4) is 0 Å². The topological polar surface area (TPSA) is 35.2 Å². The van der Waals surface area contributed by atoms with E-state index in [9.17, 15) is 0 Å². The van der Waals surface area contributed by atoms with Crippen LogP contribution in [0.3, 0.4) is 0 Å². The number of hydrogen-bond acceptors (Lipinski definition) is 2. The Morgan fingerprint density at radius 2 is 1.75 bits per heavy atom. The molecular formula is C18H29NO. The van der Waals surface area contributed by atoms with Crippen molar-refractivity contribution >= 4 is 0 Å². The maximum absolute atomic E-state index is 6.65. The minimum Gasteiger partial charge on any atom is -0.373 e. The Balaban J connectivity index is 2.48. The molecule has 1 fully saturated rings. The molecule has 2 rings (SSSR count). The number of rotatable bonds is 5. The summed E-state index contributed by atoms with van der Waals surface area (Å²) < 4.78 is 5.99. The van der Waals surface area contributed by atoms with Gasteiger partial charge >= 0.3 is 0 Å². The van der Waals surface area contributed by atoms with Crippen molar-refractivity contribution in [3.05, 3.63) is 34.4 Å². The van der Waals surface area contributed by atoms with Gasteiger partial charge in [-0.25, -0.2) is 0 Å². The van der Waals surface area contributed by atoms with E-state index >= 15 is 0 Å². The van der Waals surface area contributed by atoms with Crippen LogP contribution < -0.4 is 5.73 Å². The number of aryl methyl sites for hydroxylation is 3. The van der Waals surface area contributed by atoms with Gasteiger partial charge in [-0.2, -0.15) is 0 Å². The minimum atomic E-state index is -0.193. The molecule has 112 valence electrons. The van der Waals surface area contributed by atoms with Crippen LogP contribution in [0.4, 0.5) is 0 Å². The summed E-state index contributed by atoms with van der Waals surface area (Å²) in [6.45, 7) is 9.69. The second kappa shape index (κ2) is 6.28. The maximum atomic E-state index is 6.65. The van der Waals surface area contributed by atoms with Crippen molar-refractivity contribution in [1.29, 1.82) is 0 Å². The number of benzene rings is 1. The fourth-order valence-corrected chi connectivity index (χ4v) is 3.39. The average molecular weight is 275 g/mol. The Morgan fingerprint density at radius 1 is 1.15 bits per heavy atom. The Morgan fingerprint density at radius 3 is 2.15 bits per heavy atom. The van der Waals surface area contributed by atoms with E-state index < -0.39 is 0 Å². The Kier molecular flexibility index (Phi) is 4.87. The normalized spacial score (nSPS) is 24.1. The molecule has 1 aliphatic heterocycles. The molecule has 2 N–H and O–H groups in total. The molecule has 1 saturated heterocycles. The fourth-order valence-electron chi connectivity index (χ4n) is 3.39. The highest BCUT2D eigenvalue weighted by Gasteiger charge is 2.38. The Bertz CT molecular complexity index is 435. The van der Waals surface area contributed by atoms with Gasteiger partial charge in [0.25, 0.3) is 0 Å². The van der Waals surface area contributed by atoms with Crippen LogP contribution >= 0.6 is 0 Å². The molecule has 0 spiro atoms. The molecular weight excluding hydrogens is 246 g/mol. The first kappa shape index (κ1) is 15.5. The molecule has 20 heavy (non-hydrogen) atoms. The molecule has 0 saturated carbocycles. The van der Waals surface area contributed by atoms with Crippen molar-refractivity contribution < 1.29 is 4.74 Å². The first-order valence-electron chi connectivity index (χ1n) is 8.09. The van der Waals surface area contributed by atoms with Gasteiger partial charge in [-0.3, -0.25) is 0 Å². The van der Waals surface area contributed by atoms with Crippen molar-refractivity contribution in [1.82, 2.24) is 0 Å². The van der Waals surface area contributed by atoms with Gasteiger partial charge < -0.3 is 10.5 Å². The number of nitrogens with two attached hydrogens (primary N) is 1. The van der Waals surface area contributed by atoms with Crippen LogP contribution in [0.15, 0.2) is 12.1 Å². The molecule has 1 heterocycles. The van der Waals surface area contributed by atoms with Crippen molar-refractivity contribution in [3.63, 3.8) is 0 Å². The number of hydrogen-bond donors (Lipinski definition) is 1. The van der Waals surface area contributed by atoms with Gasteiger partial charge in [0, 0.05) is 6.61 Å². The largest absolute Gasteiger partial charge is 0.373 e. The SMILES string of the molecule is CCc1cc(CC)c(C(N)C2(C)CCCO2)c(CC)c1. The Labute approximate surface area is 123 Å². The van der Waals surface area contributed by atoms with Crippen LogP contribution in [0.5, 0.6) is 0 Å². The van der Waals surface area contributed by atoms with E-state index in [4.69, 9.17) is 10.5 Å². The van der Waals surface area contributed by atoms with E-state index in [1.54, 1.807) is 0 Å². The predicted octanol–water partition coefficient (Wildman–Crippen LogP) is 3.94. The fraction of sp³-hybridized carbons (Fsp3) is 0.667. The van der Waals surface area contributed by atoms with Gasteiger partial charge in [0.05, 0.1) is 11.6 Å². The molecule has 1 aliphatic rings. The highest BCUT2D eigenvalue weighted by molar-refractivity contribution is 5.43. The first-order valence-corrected chi connectivity index (χ1v) is 8.09. The quantitative estimate of drug-likeness (QED) is 0.883. The Hall–Kier alpha value is -0.860. The third kappa shape index (κ3) is 2.77. The van der Waals surface area contributed by atoms with E-state index in [-0.39, 0.29) is 11.6 Å². The third-order valence-electron chi connectivity index (χ3n) is 4.80. The summed E-state index contributed by atoms with van der Waals surface area (Å²) in [7, 11) is 0. The van der Waals surface area contributed by atoms with Crippen LogP contribution in [0.1, 0.15) is 68.8 Å². The van der Waals surface area contributed by atoms with Gasteiger partial charge in [0.2, 0.25) is 0 Å². The summed E-state index contributed by atoms with van der Waals surface area (Å²) in [5.74, 6) is 0. The zero-order valence-corrected chi connectivity index (χ0v) is 13.5. The van der Waals surface area contributed by atoms with Crippen LogP contribution in [-0.4, -0.2) is 12.2 Å². The minimum absolute atomic E-state index is 0.0131. The summed E-state index contributed by atoms with van der Waals surface area (Å²) in [6, 6.07) is 4.67. The molecule has 1 aromatic rings. The maximum Gasteiger partial charge on any atom is 0.0847 e. The molecule has 2 nitrogen and oxygen atoms in total. The lowest BCUT2D eigenvalue weighted by Crippen LogP contribution is -2.39. The van der Waals surface area contributed by atoms with Crippen molar-refractivity contribution in [2.24, 2.45) is 5.73 Å². The number of ether oxygens (including phenoxy) is 1. The monoisotopic (exact) mass is 275 g/mol. The van der Waals surface area contributed by atoms with Gasteiger partial charge in [-0.1, -0.05) is 32.9 Å². The summed E-state index contributed by atoms with van der Waals surface area (Å²) in [5, 5.41) is 0. The second-order valence-corrected chi connectivity index (χ2v) is 6.13. The highest BCUT2D eigenvalue weighted by atomic mass is 16.5. The molecule has 0 amide bonds. The molecule has 2 atom stereocenters. The molecule has 2 unspecified atom stereocenters. The molecule has 0 bridgehead atoms. The molecule has 2 heteroatoms. The lowest BCUT2D eigenvalue weighted by molar-refractivity contribution is -0.00214. The summed E-state index contributed by atoms with van der Waals surface area (Å²) >= 11 is 0.